The van der Waals surface area contributed by atoms with Crippen molar-refractivity contribution in [1.82, 2.24) is 28.4 Å². The molecule has 0 bridgehead atoms. The van der Waals surface area contributed by atoms with Crippen LogP contribution in [-0.2, 0) is 36.1 Å². The van der Waals surface area contributed by atoms with E-state index in [4.69, 9.17) is 42.1 Å². The van der Waals surface area contributed by atoms with Gasteiger partial charge < -0.3 is 28.6 Å². The van der Waals surface area contributed by atoms with Gasteiger partial charge in [-0.1, -0.05) is 22.0 Å². The predicted octanol–water partition coefficient (Wildman–Crippen LogP) is 2.39. The second-order valence-corrected chi connectivity index (χ2v) is 14.5. The predicted molar refractivity (Wildman–Crippen MR) is 195 cm³/mol. The fourth-order valence-electron chi connectivity index (χ4n) is 7.83. The van der Waals surface area contributed by atoms with Crippen LogP contribution in [0, 0.1) is 0 Å². The molecule has 2 aromatic carbocycles. The Morgan fingerprint density at radius 3 is 2.25 bits per heavy atom. The van der Waals surface area contributed by atoms with E-state index in [1.54, 1.807) is 25.3 Å². The number of hydrogen-bond acceptors (Lipinski definition) is 11. The first-order chi connectivity index (χ1) is 25.2. The molecule has 1 N–H and O–H groups in total. The number of aromatic nitrogens is 5. The van der Waals surface area contributed by atoms with Crippen LogP contribution in [0.2, 0.25) is 0 Å². The number of alkyl halides is 3. The second-order valence-electron chi connectivity index (χ2n) is 12.8. The number of benzene rings is 2. The fraction of sp³-hybridized carbons (Fsp3) is 0.412. The van der Waals surface area contributed by atoms with Gasteiger partial charge in [0, 0.05) is 62.2 Å². The lowest BCUT2D eigenvalue weighted by atomic mass is 9.64. The quantitative estimate of drug-likeness (QED) is 0.113. The van der Waals surface area contributed by atoms with Crippen molar-refractivity contribution in [2.75, 3.05) is 33.9 Å². The minimum absolute atomic E-state index is 0.0394. The number of aromatic hydroxyl groups is 1. The average Bonchev–Trinajstić information content (AvgIpc) is 3.48. The SMILES string of the molecule is COc1cc(O)c(C2C3=CCn4c(=O)n(CCc5nc6cc(OC)c(OC)cc6n(C)c5=O)c(=O)n4C3CC3(Cl)C(=O)N(CBr)C(=O)C23Cl)c(OC)c1. The monoisotopic (exact) mass is 834 g/mol. The molecule has 0 spiro atoms. The van der Waals surface area contributed by atoms with E-state index in [2.05, 4.69) is 20.9 Å². The van der Waals surface area contributed by atoms with Crippen molar-refractivity contribution in [3.63, 3.8) is 0 Å². The van der Waals surface area contributed by atoms with E-state index in [0.29, 0.717) is 28.1 Å². The summed E-state index contributed by atoms with van der Waals surface area (Å²) in [7, 11) is 7.27. The molecule has 16 nitrogen and oxygen atoms in total. The number of nitrogens with zero attached hydrogens (tertiary/aromatic N) is 6. The molecule has 2 aromatic heterocycles. The van der Waals surface area contributed by atoms with Crippen molar-refractivity contribution in [2.45, 2.75) is 47.6 Å². The number of carbonyl (C=O) groups excluding carboxylic acids is 2. The van der Waals surface area contributed by atoms with Crippen LogP contribution >= 0.6 is 39.1 Å². The van der Waals surface area contributed by atoms with Crippen molar-refractivity contribution < 1.29 is 33.6 Å². The van der Waals surface area contributed by atoms with Gasteiger partial charge in [-0.15, -0.1) is 23.2 Å². The van der Waals surface area contributed by atoms with Gasteiger partial charge in [0.2, 0.25) is 0 Å². The van der Waals surface area contributed by atoms with Crippen LogP contribution in [0.25, 0.3) is 11.0 Å². The Morgan fingerprint density at radius 2 is 1.60 bits per heavy atom. The standard InChI is InChI=1S/C34H33BrCl2N6O10/c1-39-20-13-24(52-4)23(51-3)12-19(20)38-18(28(39)45)7-8-40-31(48)42-9-6-17-21(43(42)32(40)49)14-33(36)29(46)41(15-35)30(47)34(33,37)27(17)26-22(44)10-16(50-2)11-25(26)53-5/h6,10-13,21,27,44H,7-9,14-15H2,1-5H3. The maximum atomic E-state index is 14.3. The Bertz CT molecular complexity index is 2460. The van der Waals surface area contributed by atoms with Gasteiger partial charge in [0.05, 0.1) is 57.5 Å². The zero-order chi connectivity index (χ0) is 38.3. The number of methoxy groups -OCH3 is 4. The Labute approximate surface area is 318 Å². The number of imide groups is 1. The number of ether oxygens (including phenoxy) is 4. The first-order valence-corrected chi connectivity index (χ1v) is 18.1. The summed E-state index contributed by atoms with van der Waals surface area (Å²) in [6.07, 6.45) is 1.20. The number of aryl methyl sites for hydroxylation is 2. The molecule has 53 heavy (non-hydrogen) atoms. The summed E-state index contributed by atoms with van der Waals surface area (Å²) < 4.78 is 26.5. The first kappa shape index (κ1) is 36.6. The van der Waals surface area contributed by atoms with E-state index in [9.17, 15) is 29.1 Å². The van der Waals surface area contributed by atoms with Crippen molar-refractivity contribution in [3.05, 3.63) is 78.5 Å². The minimum atomic E-state index is -2.19. The molecule has 4 heterocycles. The van der Waals surface area contributed by atoms with E-state index < -0.39 is 50.5 Å². The van der Waals surface area contributed by atoms with E-state index in [-0.39, 0.29) is 59.9 Å². The third-order valence-corrected chi connectivity index (χ3v) is 12.3. The number of amides is 2. The Kier molecular flexibility index (Phi) is 8.97. The molecule has 0 radical (unpaired) electrons. The van der Waals surface area contributed by atoms with Crippen LogP contribution in [0.3, 0.4) is 0 Å². The fourth-order valence-corrected chi connectivity index (χ4v) is 9.21. The minimum Gasteiger partial charge on any atom is -0.507 e. The highest BCUT2D eigenvalue weighted by Gasteiger charge is 2.76. The Hall–Kier alpha value is -4.74. The van der Waals surface area contributed by atoms with E-state index >= 15 is 0 Å². The summed E-state index contributed by atoms with van der Waals surface area (Å²) in [4.78, 5) is 70.7. The molecule has 3 aliphatic rings. The van der Waals surface area contributed by atoms with Crippen LogP contribution in [0.5, 0.6) is 28.7 Å². The van der Waals surface area contributed by atoms with Gasteiger partial charge in [-0.3, -0.25) is 19.3 Å². The zero-order valence-electron chi connectivity index (χ0n) is 29.0. The maximum Gasteiger partial charge on any atom is 0.347 e. The topological polar surface area (TPSA) is 178 Å². The van der Waals surface area contributed by atoms with Crippen LogP contribution < -0.4 is 35.9 Å². The van der Waals surface area contributed by atoms with Crippen LogP contribution in [0.1, 0.15) is 29.6 Å². The zero-order valence-corrected chi connectivity index (χ0v) is 32.1. The molecular formula is C34H33BrCl2N6O10. The molecule has 2 aliphatic heterocycles. The lowest BCUT2D eigenvalue weighted by Gasteiger charge is -2.49. The maximum absolute atomic E-state index is 14.3. The van der Waals surface area contributed by atoms with Crippen LogP contribution in [0.4, 0.5) is 0 Å². The van der Waals surface area contributed by atoms with Gasteiger partial charge in [-0.05, 0) is 5.57 Å². The van der Waals surface area contributed by atoms with Crippen molar-refractivity contribution in [2.24, 2.45) is 7.05 Å². The Balaban J connectivity index is 1.35. The molecule has 1 aliphatic carbocycles. The molecule has 19 heteroatoms. The highest BCUT2D eigenvalue weighted by molar-refractivity contribution is 9.09. The summed E-state index contributed by atoms with van der Waals surface area (Å²) in [6.45, 7) is -0.350. The largest absolute Gasteiger partial charge is 0.507 e. The molecule has 7 rings (SSSR count). The van der Waals surface area contributed by atoms with Gasteiger partial charge in [0.1, 0.15) is 22.9 Å². The first-order valence-electron chi connectivity index (χ1n) is 16.2. The second kappa shape index (κ2) is 13.0. The van der Waals surface area contributed by atoms with E-state index in [0.717, 1.165) is 9.47 Å². The number of phenolic OH excluding ortho intramolecular Hbond substituents is 1. The number of likely N-dealkylation sites (tertiary alicyclic amines) is 1. The lowest BCUT2D eigenvalue weighted by molar-refractivity contribution is -0.138. The number of fused-ring (bicyclic) bond motifs is 5. The highest BCUT2D eigenvalue weighted by atomic mass is 79.9. The third-order valence-electron chi connectivity index (χ3n) is 10.4. The summed E-state index contributed by atoms with van der Waals surface area (Å²) in [5, 5.41) is 11.4. The number of rotatable bonds is 9. The van der Waals surface area contributed by atoms with Gasteiger partial charge in [0.25, 0.3) is 17.4 Å². The van der Waals surface area contributed by atoms with E-state index in [1.165, 1.54) is 54.5 Å². The number of halogens is 3. The Morgan fingerprint density at radius 1 is 0.925 bits per heavy atom. The molecule has 2 fully saturated rings. The average molecular weight is 836 g/mol. The van der Waals surface area contributed by atoms with E-state index in [1.807, 2.05) is 0 Å². The molecule has 280 valence electrons. The third kappa shape index (κ3) is 4.99. The number of allylic oxidation sites excluding steroid dienone is 2. The lowest BCUT2D eigenvalue weighted by Crippen LogP contribution is -2.59. The molecule has 4 atom stereocenters. The highest BCUT2D eigenvalue weighted by Crippen LogP contribution is 2.65. The summed E-state index contributed by atoms with van der Waals surface area (Å²) in [6, 6.07) is 4.97. The number of carbonyl (C=O) groups is 2. The van der Waals surface area contributed by atoms with Crippen molar-refractivity contribution in [1.29, 1.82) is 0 Å². The van der Waals surface area contributed by atoms with Gasteiger partial charge in [-0.2, -0.15) is 0 Å². The molecular weight excluding hydrogens is 803 g/mol. The summed E-state index contributed by atoms with van der Waals surface area (Å²) in [5.74, 6) is -2.17. The van der Waals surface area contributed by atoms with Crippen molar-refractivity contribution >= 4 is 62.0 Å². The van der Waals surface area contributed by atoms with Crippen LogP contribution in [0.15, 0.2) is 50.3 Å². The van der Waals surface area contributed by atoms with Crippen molar-refractivity contribution in [3.8, 4) is 28.7 Å². The molecule has 1 saturated heterocycles. The smallest absolute Gasteiger partial charge is 0.347 e. The van der Waals surface area contributed by atoms with Gasteiger partial charge in [-0.25, -0.2) is 28.5 Å². The molecule has 1 saturated carbocycles. The van der Waals surface area contributed by atoms with Gasteiger partial charge in [0.15, 0.2) is 21.2 Å². The number of hydrogen-bond donors (Lipinski definition) is 1. The number of phenols is 1. The molecule has 4 aromatic rings. The normalized spacial score (nSPS) is 23.4. The van der Waals surface area contributed by atoms with Crippen LogP contribution in [-0.4, -0.2) is 88.9 Å². The molecule has 2 amide bonds. The van der Waals surface area contributed by atoms with Gasteiger partial charge >= 0.3 is 11.4 Å². The summed E-state index contributed by atoms with van der Waals surface area (Å²) in [5.41, 5.74) is -0.668. The summed E-state index contributed by atoms with van der Waals surface area (Å²) >= 11 is 17.7. The molecule has 4 unspecified atom stereocenters.